The molecule has 3 unspecified atom stereocenters. The van der Waals surface area contributed by atoms with Crippen LogP contribution in [0.4, 0.5) is 0 Å². The normalized spacial score (nSPS) is 16.0. The maximum absolute atomic E-state index is 10.3. The molecule has 0 aliphatic heterocycles. The molecule has 0 aliphatic rings. The zero-order valence-electron chi connectivity index (χ0n) is 11.0. The average Bonchev–Trinajstić information content (AvgIpc) is 2.92. The van der Waals surface area contributed by atoms with Crippen molar-refractivity contribution in [3.63, 3.8) is 0 Å². The van der Waals surface area contributed by atoms with Crippen LogP contribution in [-0.4, -0.2) is 11.1 Å². The molecule has 1 aromatic carbocycles. The first-order valence-corrected chi connectivity index (χ1v) is 7.56. The van der Waals surface area contributed by atoms with Crippen molar-refractivity contribution in [1.82, 2.24) is 5.32 Å². The number of aliphatic hydroxyl groups is 1. The molecule has 0 spiro atoms. The summed E-state index contributed by atoms with van der Waals surface area (Å²) in [7, 11) is 0. The van der Waals surface area contributed by atoms with Crippen LogP contribution in [-0.2, 0) is 0 Å². The van der Waals surface area contributed by atoms with E-state index in [-0.39, 0.29) is 12.1 Å². The van der Waals surface area contributed by atoms with Gasteiger partial charge >= 0.3 is 0 Å². The van der Waals surface area contributed by atoms with E-state index in [9.17, 15) is 5.11 Å². The zero-order valence-corrected chi connectivity index (χ0v) is 12.6. The summed E-state index contributed by atoms with van der Waals surface area (Å²) >= 11 is 7.57. The summed E-state index contributed by atoms with van der Waals surface area (Å²) in [6, 6.07) is 11.7. The number of hydrogen-bond acceptors (Lipinski definition) is 3. The highest BCUT2D eigenvalue weighted by atomic mass is 35.5. The van der Waals surface area contributed by atoms with Crippen LogP contribution >= 0.6 is 22.9 Å². The van der Waals surface area contributed by atoms with Crippen molar-refractivity contribution in [3.8, 4) is 0 Å². The molecule has 2 rings (SSSR count). The number of aliphatic hydroxyl groups excluding tert-OH is 1. The van der Waals surface area contributed by atoms with Crippen LogP contribution in [0, 0.1) is 0 Å². The number of hydrogen-bond donors (Lipinski definition) is 2. The first kappa shape index (κ1) is 14.5. The standard InChI is InChI=1S/C15H18ClNOS/c1-10(14-4-3-9-19-14)17-11(2)15(18)12-5-7-13(16)8-6-12/h3-11,15,17-18H,1-2H3. The van der Waals surface area contributed by atoms with Gasteiger partial charge < -0.3 is 10.4 Å². The molecule has 1 aromatic heterocycles. The third-order valence-corrected chi connectivity index (χ3v) is 4.47. The number of benzene rings is 1. The van der Waals surface area contributed by atoms with Gasteiger partial charge in [-0.1, -0.05) is 29.8 Å². The van der Waals surface area contributed by atoms with Gasteiger partial charge in [0.05, 0.1) is 6.10 Å². The molecule has 0 bridgehead atoms. The summed E-state index contributed by atoms with van der Waals surface area (Å²) in [5.41, 5.74) is 0.878. The molecule has 0 saturated carbocycles. The molecule has 2 nitrogen and oxygen atoms in total. The van der Waals surface area contributed by atoms with E-state index in [4.69, 9.17) is 11.6 Å². The van der Waals surface area contributed by atoms with Crippen molar-refractivity contribution in [2.45, 2.75) is 32.0 Å². The van der Waals surface area contributed by atoms with E-state index in [1.165, 1.54) is 4.88 Å². The smallest absolute Gasteiger partial charge is 0.0940 e. The van der Waals surface area contributed by atoms with Gasteiger partial charge in [-0.3, -0.25) is 0 Å². The van der Waals surface area contributed by atoms with Gasteiger partial charge in [-0.25, -0.2) is 0 Å². The van der Waals surface area contributed by atoms with E-state index in [0.717, 1.165) is 5.56 Å². The van der Waals surface area contributed by atoms with Gasteiger partial charge in [-0.15, -0.1) is 11.3 Å². The summed E-state index contributed by atoms with van der Waals surface area (Å²) < 4.78 is 0. The number of rotatable bonds is 5. The van der Waals surface area contributed by atoms with Crippen LogP contribution in [0.1, 0.15) is 36.4 Å². The fourth-order valence-corrected chi connectivity index (χ4v) is 2.92. The molecule has 0 radical (unpaired) electrons. The zero-order chi connectivity index (χ0) is 13.8. The minimum Gasteiger partial charge on any atom is -0.387 e. The van der Waals surface area contributed by atoms with Gasteiger partial charge in [-0.05, 0) is 43.0 Å². The lowest BCUT2D eigenvalue weighted by Crippen LogP contribution is -2.33. The predicted molar refractivity (Wildman–Crippen MR) is 81.7 cm³/mol. The Labute approximate surface area is 123 Å². The van der Waals surface area contributed by atoms with Crippen LogP contribution in [0.2, 0.25) is 5.02 Å². The number of halogens is 1. The van der Waals surface area contributed by atoms with Gasteiger partial charge in [-0.2, -0.15) is 0 Å². The molecular formula is C15H18ClNOS. The van der Waals surface area contributed by atoms with Gasteiger partial charge in [0, 0.05) is 22.0 Å². The SMILES string of the molecule is CC(NC(C)C(O)c1ccc(Cl)cc1)c1cccs1. The summed E-state index contributed by atoms with van der Waals surface area (Å²) in [4.78, 5) is 1.27. The summed E-state index contributed by atoms with van der Waals surface area (Å²) in [5.74, 6) is 0. The van der Waals surface area contributed by atoms with E-state index in [0.29, 0.717) is 5.02 Å². The lowest BCUT2D eigenvalue weighted by molar-refractivity contribution is 0.131. The Bertz CT molecular complexity index is 497. The van der Waals surface area contributed by atoms with Crippen LogP contribution in [0.5, 0.6) is 0 Å². The molecule has 0 amide bonds. The molecule has 0 aliphatic carbocycles. The second kappa shape index (κ2) is 6.53. The van der Waals surface area contributed by atoms with Crippen LogP contribution in [0.15, 0.2) is 41.8 Å². The molecular weight excluding hydrogens is 278 g/mol. The number of thiophene rings is 1. The Balaban J connectivity index is 1.99. The minimum absolute atomic E-state index is 0.0294. The quantitative estimate of drug-likeness (QED) is 0.867. The van der Waals surface area contributed by atoms with E-state index in [2.05, 4.69) is 23.7 Å². The van der Waals surface area contributed by atoms with Gasteiger partial charge in [0.15, 0.2) is 0 Å². The molecule has 1 heterocycles. The first-order valence-electron chi connectivity index (χ1n) is 6.31. The van der Waals surface area contributed by atoms with Gasteiger partial charge in [0.1, 0.15) is 0 Å². The van der Waals surface area contributed by atoms with E-state index < -0.39 is 6.10 Å². The fraction of sp³-hybridized carbons (Fsp3) is 0.333. The van der Waals surface area contributed by atoms with E-state index in [1.807, 2.05) is 25.1 Å². The lowest BCUT2D eigenvalue weighted by Gasteiger charge is -2.24. The van der Waals surface area contributed by atoms with E-state index in [1.54, 1.807) is 23.5 Å². The van der Waals surface area contributed by atoms with Crippen LogP contribution in [0.3, 0.4) is 0 Å². The Morgan fingerprint density at radius 3 is 2.42 bits per heavy atom. The third-order valence-electron chi connectivity index (χ3n) is 3.17. The molecule has 4 heteroatoms. The molecule has 3 atom stereocenters. The van der Waals surface area contributed by atoms with Crippen LogP contribution < -0.4 is 5.32 Å². The Morgan fingerprint density at radius 1 is 1.16 bits per heavy atom. The highest BCUT2D eigenvalue weighted by Crippen LogP contribution is 2.23. The Kier molecular flexibility index (Phi) is 4.99. The van der Waals surface area contributed by atoms with Gasteiger partial charge in [0.25, 0.3) is 0 Å². The summed E-state index contributed by atoms with van der Waals surface area (Å²) in [6.07, 6.45) is -0.542. The first-order chi connectivity index (χ1) is 9.08. The van der Waals surface area contributed by atoms with Crippen molar-refractivity contribution >= 4 is 22.9 Å². The van der Waals surface area contributed by atoms with E-state index >= 15 is 0 Å². The summed E-state index contributed by atoms with van der Waals surface area (Å²) in [6.45, 7) is 4.10. The fourth-order valence-electron chi connectivity index (χ4n) is 2.05. The second-order valence-electron chi connectivity index (χ2n) is 4.69. The third kappa shape index (κ3) is 3.80. The minimum atomic E-state index is -0.542. The maximum atomic E-state index is 10.3. The molecule has 2 N–H and O–H groups in total. The largest absolute Gasteiger partial charge is 0.387 e. The molecule has 102 valence electrons. The molecule has 2 aromatic rings. The Hall–Kier alpha value is -0.870. The molecule has 19 heavy (non-hydrogen) atoms. The van der Waals surface area contributed by atoms with Crippen LogP contribution in [0.25, 0.3) is 0 Å². The van der Waals surface area contributed by atoms with Crippen molar-refractivity contribution < 1.29 is 5.11 Å². The van der Waals surface area contributed by atoms with Gasteiger partial charge in [0.2, 0.25) is 0 Å². The molecule has 0 saturated heterocycles. The average molecular weight is 296 g/mol. The Morgan fingerprint density at radius 2 is 1.84 bits per heavy atom. The maximum Gasteiger partial charge on any atom is 0.0940 e. The number of nitrogens with one attached hydrogen (secondary N) is 1. The predicted octanol–water partition coefficient (Wildman–Crippen LogP) is 4.17. The highest BCUT2D eigenvalue weighted by Gasteiger charge is 2.19. The topological polar surface area (TPSA) is 32.3 Å². The van der Waals surface area contributed by atoms with Crippen molar-refractivity contribution in [2.24, 2.45) is 0 Å². The highest BCUT2D eigenvalue weighted by molar-refractivity contribution is 7.10. The van der Waals surface area contributed by atoms with Crippen molar-refractivity contribution in [1.29, 1.82) is 0 Å². The second-order valence-corrected chi connectivity index (χ2v) is 6.10. The molecule has 0 fully saturated rings. The van der Waals surface area contributed by atoms with Crippen molar-refractivity contribution in [3.05, 3.63) is 57.2 Å². The monoisotopic (exact) mass is 295 g/mol. The summed E-state index contributed by atoms with van der Waals surface area (Å²) in [5, 5.41) is 16.5. The lowest BCUT2D eigenvalue weighted by atomic mass is 10.0. The van der Waals surface area contributed by atoms with Crippen molar-refractivity contribution in [2.75, 3.05) is 0 Å².